The van der Waals surface area contributed by atoms with Gasteiger partial charge in [-0.2, -0.15) is 0 Å². The Morgan fingerprint density at radius 1 is 1.29 bits per heavy atom. The number of halogens is 1. The van der Waals surface area contributed by atoms with Crippen LogP contribution in [-0.2, 0) is 6.42 Å². The van der Waals surface area contributed by atoms with E-state index >= 15 is 0 Å². The summed E-state index contributed by atoms with van der Waals surface area (Å²) in [4.78, 5) is 2.31. The second-order valence-electron chi connectivity index (χ2n) is 4.58. The normalized spacial score (nSPS) is 13.0. The van der Waals surface area contributed by atoms with Gasteiger partial charge in [0, 0.05) is 24.2 Å². The molecule has 3 heteroatoms. The van der Waals surface area contributed by atoms with E-state index in [-0.39, 0.29) is 0 Å². The molecule has 1 aromatic rings. The summed E-state index contributed by atoms with van der Waals surface area (Å²) >= 11 is 5.86. The van der Waals surface area contributed by atoms with Crippen molar-refractivity contribution >= 4 is 11.6 Å². The number of benzene rings is 1. The highest BCUT2D eigenvalue weighted by atomic mass is 35.5. The van der Waals surface area contributed by atoms with Gasteiger partial charge in [0.25, 0.3) is 0 Å². The van der Waals surface area contributed by atoms with Crippen molar-refractivity contribution in [1.29, 1.82) is 0 Å². The van der Waals surface area contributed by atoms with E-state index in [1.165, 1.54) is 5.56 Å². The Hall–Kier alpha value is -0.570. The van der Waals surface area contributed by atoms with Gasteiger partial charge in [-0.15, -0.1) is 0 Å². The third-order valence-corrected chi connectivity index (χ3v) is 3.23. The van der Waals surface area contributed by atoms with E-state index in [9.17, 15) is 0 Å². The van der Waals surface area contributed by atoms with Crippen molar-refractivity contribution < 1.29 is 0 Å². The summed E-state index contributed by atoms with van der Waals surface area (Å²) in [6, 6.07) is 8.60. The topological polar surface area (TPSA) is 15.3 Å². The fraction of sp³-hybridized carbons (Fsp3) is 0.571. The Labute approximate surface area is 110 Å². The van der Waals surface area contributed by atoms with Crippen LogP contribution in [0.3, 0.4) is 0 Å². The molecule has 0 bridgehead atoms. The van der Waals surface area contributed by atoms with Crippen molar-refractivity contribution in [3.63, 3.8) is 0 Å². The molecular formula is C14H23ClN2. The van der Waals surface area contributed by atoms with E-state index in [0.717, 1.165) is 31.1 Å². The Morgan fingerprint density at radius 3 is 2.53 bits per heavy atom. The molecule has 0 aliphatic rings. The number of likely N-dealkylation sites (N-methyl/N-ethyl adjacent to an activating group) is 1. The zero-order valence-corrected chi connectivity index (χ0v) is 11.8. The van der Waals surface area contributed by atoms with Crippen LogP contribution in [0, 0.1) is 0 Å². The van der Waals surface area contributed by atoms with Gasteiger partial charge < -0.3 is 10.2 Å². The van der Waals surface area contributed by atoms with Crippen LogP contribution in [0.15, 0.2) is 24.3 Å². The summed E-state index contributed by atoms with van der Waals surface area (Å²) in [6.07, 6.45) is 1.05. The Morgan fingerprint density at radius 2 is 1.94 bits per heavy atom. The van der Waals surface area contributed by atoms with E-state index in [0.29, 0.717) is 6.04 Å². The van der Waals surface area contributed by atoms with Crippen molar-refractivity contribution in [2.24, 2.45) is 0 Å². The number of nitrogens with zero attached hydrogens (tertiary/aromatic N) is 1. The molecule has 0 spiro atoms. The third kappa shape index (κ3) is 6.06. The van der Waals surface area contributed by atoms with E-state index < -0.39 is 0 Å². The minimum atomic E-state index is 0.501. The van der Waals surface area contributed by atoms with E-state index in [1.54, 1.807) is 0 Å². The lowest BCUT2D eigenvalue weighted by Gasteiger charge is -2.18. The molecule has 0 saturated heterocycles. The second-order valence-corrected chi connectivity index (χ2v) is 5.02. The quantitative estimate of drug-likeness (QED) is 0.805. The van der Waals surface area contributed by atoms with Gasteiger partial charge in [-0.1, -0.05) is 30.7 Å². The first kappa shape index (κ1) is 14.5. The average Bonchev–Trinajstić information content (AvgIpc) is 2.32. The van der Waals surface area contributed by atoms with Gasteiger partial charge in [-0.3, -0.25) is 0 Å². The molecule has 17 heavy (non-hydrogen) atoms. The van der Waals surface area contributed by atoms with Gasteiger partial charge in [0.05, 0.1) is 0 Å². The van der Waals surface area contributed by atoms with E-state index in [4.69, 9.17) is 11.6 Å². The zero-order valence-electron chi connectivity index (χ0n) is 11.0. The van der Waals surface area contributed by atoms with Gasteiger partial charge in [0.2, 0.25) is 0 Å². The average molecular weight is 255 g/mol. The lowest BCUT2D eigenvalue weighted by Crippen LogP contribution is -2.35. The van der Waals surface area contributed by atoms with Gasteiger partial charge in [0.15, 0.2) is 0 Å². The highest BCUT2D eigenvalue weighted by Gasteiger charge is 2.03. The van der Waals surface area contributed by atoms with Crippen molar-refractivity contribution in [3.8, 4) is 0 Å². The maximum absolute atomic E-state index is 5.86. The van der Waals surface area contributed by atoms with Crippen LogP contribution >= 0.6 is 11.6 Å². The Bertz CT molecular complexity index is 311. The number of rotatable bonds is 7. The molecule has 0 radical (unpaired) electrons. The molecule has 0 amide bonds. The summed E-state index contributed by atoms with van der Waals surface area (Å²) < 4.78 is 0. The molecule has 1 rings (SSSR count). The molecule has 1 atom stereocenters. The van der Waals surface area contributed by atoms with Crippen molar-refractivity contribution in [2.75, 3.05) is 26.7 Å². The Kier molecular flexibility index (Phi) is 6.56. The van der Waals surface area contributed by atoms with Crippen molar-refractivity contribution in [2.45, 2.75) is 26.3 Å². The van der Waals surface area contributed by atoms with Crippen molar-refractivity contribution in [1.82, 2.24) is 10.2 Å². The molecule has 0 saturated carbocycles. The predicted molar refractivity (Wildman–Crippen MR) is 75.8 cm³/mol. The smallest absolute Gasteiger partial charge is 0.0406 e. The standard InChI is InChI=1S/C14H23ClN2/c1-4-17(3)10-9-16-12(2)11-13-5-7-14(15)8-6-13/h5-8,12,16H,4,9-11H2,1-3H3. The molecule has 0 heterocycles. The maximum Gasteiger partial charge on any atom is 0.0406 e. The minimum Gasteiger partial charge on any atom is -0.313 e. The van der Waals surface area contributed by atoms with Gasteiger partial charge in [-0.25, -0.2) is 0 Å². The van der Waals surface area contributed by atoms with Crippen LogP contribution in [-0.4, -0.2) is 37.6 Å². The SMILES string of the molecule is CCN(C)CCNC(C)Cc1ccc(Cl)cc1. The van der Waals surface area contributed by atoms with Crippen LogP contribution in [0.4, 0.5) is 0 Å². The number of hydrogen-bond donors (Lipinski definition) is 1. The summed E-state index contributed by atoms with van der Waals surface area (Å²) in [5.41, 5.74) is 1.33. The monoisotopic (exact) mass is 254 g/mol. The third-order valence-electron chi connectivity index (χ3n) is 2.98. The van der Waals surface area contributed by atoms with Crippen LogP contribution in [0.1, 0.15) is 19.4 Å². The number of nitrogens with one attached hydrogen (secondary N) is 1. The van der Waals surface area contributed by atoms with Crippen LogP contribution in [0.25, 0.3) is 0 Å². The van der Waals surface area contributed by atoms with Gasteiger partial charge in [-0.05, 0) is 44.6 Å². The largest absolute Gasteiger partial charge is 0.313 e. The van der Waals surface area contributed by atoms with Crippen LogP contribution in [0.2, 0.25) is 5.02 Å². The zero-order chi connectivity index (χ0) is 12.7. The molecule has 1 N–H and O–H groups in total. The predicted octanol–water partition coefficient (Wildman–Crippen LogP) is 2.81. The fourth-order valence-electron chi connectivity index (χ4n) is 1.71. The highest BCUT2D eigenvalue weighted by Crippen LogP contribution is 2.10. The molecule has 0 aliphatic carbocycles. The summed E-state index contributed by atoms with van der Waals surface area (Å²) in [7, 11) is 2.14. The summed E-state index contributed by atoms with van der Waals surface area (Å²) in [5.74, 6) is 0. The minimum absolute atomic E-state index is 0.501. The fourth-order valence-corrected chi connectivity index (χ4v) is 1.83. The highest BCUT2D eigenvalue weighted by molar-refractivity contribution is 6.30. The first-order chi connectivity index (χ1) is 8.11. The van der Waals surface area contributed by atoms with E-state index in [2.05, 4.69) is 43.2 Å². The second kappa shape index (κ2) is 7.70. The molecule has 0 fully saturated rings. The van der Waals surface area contributed by atoms with Gasteiger partial charge in [0.1, 0.15) is 0 Å². The Balaban J connectivity index is 2.25. The molecular weight excluding hydrogens is 232 g/mol. The first-order valence-corrected chi connectivity index (χ1v) is 6.66. The van der Waals surface area contributed by atoms with E-state index in [1.807, 2.05) is 12.1 Å². The molecule has 1 unspecified atom stereocenters. The van der Waals surface area contributed by atoms with Crippen LogP contribution in [0.5, 0.6) is 0 Å². The first-order valence-electron chi connectivity index (χ1n) is 6.28. The lowest BCUT2D eigenvalue weighted by atomic mass is 10.1. The molecule has 1 aromatic carbocycles. The number of hydrogen-bond acceptors (Lipinski definition) is 2. The molecule has 2 nitrogen and oxygen atoms in total. The van der Waals surface area contributed by atoms with Crippen LogP contribution < -0.4 is 5.32 Å². The molecule has 96 valence electrons. The lowest BCUT2D eigenvalue weighted by molar-refractivity contribution is 0.341. The van der Waals surface area contributed by atoms with Crippen molar-refractivity contribution in [3.05, 3.63) is 34.9 Å². The summed E-state index contributed by atoms with van der Waals surface area (Å²) in [6.45, 7) is 7.64. The summed E-state index contributed by atoms with van der Waals surface area (Å²) in [5, 5.41) is 4.34. The van der Waals surface area contributed by atoms with Gasteiger partial charge >= 0.3 is 0 Å². The molecule has 0 aromatic heterocycles. The maximum atomic E-state index is 5.86. The molecule has 0 aliphatic heterocycles.